The van der Waals surface area contributed by atoms with Crippen molar-refractivity contribution in [2.75, 3.05) is 24.5 Å². The molecule has 2 fully saturated rings. The van der Waals surface area contributed by atoms with E-state index in [9.17, 15) is 0 Å². The Morgan fingerprint density at radius 1 is 1.44 bits per heavy atom. The molecule has 0 amide bonds. The summed E-state index contributed by atoms with van der Waals surface area (Å²) in [4.78, 5) is 6.52. The van der Waals surface area contributed by atoms with Crippen molar-refractivity contribution in [3.8, 4) is 6.07 Å². The molecule has 0 unspecified atom stereocenters. The third-order valence-electron chi connectivity index (χ3n) is 3.63. The highest BCUT2D eigenvalue weighted by atomic mass is 15.2. The summed E-state index contributed by atoms with van der Waals surface area (Å²) in [5, 5.41) is 12.3. The van der Waals surface area contributed by atoms with Crippen LogP contribution in [-0.2, 0) is 0 Å². The van der Waals surface area contributed by atoms with E-state index in [1.807, 2.05) is 12.3 Å². The van der Waals surface area contributed by atoms with Gasteiger partial charge in [-0.15, -0.1) is 0 Å². The molecule has 1 aromatic heterocycles. The molecule has 82 valence electrons. The predicted octanol–water partition coefficient (Wildman–Crippen LogP) is 0.751. The van der Waals surface area contributed by atoms with Crippen LogP contribution in [0, 0.1) is 17.2 Å². The average Bonchev–Trinajstić information content (AvgIpc) is 2.90. The molecular formula is C12H14N4. The van der Waals surface area contributed by atoms with Gasteiger partial charge in [-0.1, -0.05) is 0 Å². The lowest BCUT2D eigenvalue weighted by Gasteiger charge is -2.25. The van der Waals surface area contributed by atoms with Crippen molar-refractivity contribution in [1.82, 2.24) is 10.3 Å². The zero-order valence-corrected chi connectivity index (χ0v) is 9.06. The average molecular weight is 214 g/mol. The molecule has 4 nitrogen and oxygen atoms in total. The molecule has 0 aliphatic carbocycles. The third kappa shape index (κ3) is 1.44. The molecule has 16 heavy (non-hydrogen) atoms. The van der Waals surface area contributed by atoms with Crippen molar-refractivity contribution in [2.45, 2.75) is 12.5 Å². The zero-order chi connectivity index (χ0) is 11.0. The lowest BCUT2D eigenvalue weighted by molar-refractivity contribution is 0.578. The number of nitrogens with zero attached hydrogens (tertiary/aromatic N) is 3. The maximum absolute atomic E-state index is 8.87. The highest BCUT2D eigenvalue weighted by Gasteiger charge is 2.37. The number of hydrogen-bond donors (Lipinski definition) is 1. The lowest BCUT2D eigenvalue weighted by Crippen LogP contribution is -2.34. The second-order valence-corrected chi connectivity index (χ2v) is 4.51. The quantitative estimate of drug-likeness (QED) is 0.749. The van der Waals surface area contributed by atoms with Gasteiger partial charge in [-0.25, -0.2) is 0 Å². The first-order valence-electron chi connectivity index (χ1n) is 5.71. The minimum Gasteiger partial charge on any atom is -0.366 e. The molecule has 0 aromatic carbocycles. The van der Waals surface area contributed by atoms with Gasteiger partial charge in [-0.2, -0.15) is 5.26 Å². The Balaban J connectivity index is 1.89. The first kappa shape index (κ1) is 9.61. The lowest BCUT2D eigenvalue weighted by atomic mass is 10.1. The van der Waals surface area contributed by atoms with Gasteiger partial charge >= 0.3 is 0 Å². The minimum absolute atomic E-state index is 0.593. The number of aromatic nitrogens is 1. The number of fused-ring (bicyclic) bond motifs is 1. The standard InChI is InChI=1S/C12H14N4/c13-4-9-3-11(7-14-5-9)16-2-1-10-6-15-8-12(10)16/h3,5,7,10,12,15H,1-2,6,8H2/t10-,12+/m1/s1. The van der Waals surface area contributed by atoms with Gasteiger partial charge in [-0.3, -0.25) is 4.98 Å². The molecule has 0 spiro atoms. The van der Waals surface area contributed by atoms with Gasteiger partial charge in [-0.05, 0) is 18.4 Å². The number of nitriles is 1. The van der Waals surface area contributed by atoms with Gasteiger partial charge in [0.05, 0.1) is 17.4 Å². The molecule has 4 heteroatoms. The fraction of sp³-hybridized carbons (Fsp3) is 0.500. The highest BCUT2D eigenvalue weighted by molar-refractivity contribution is 5.51. The molecule has 0 radical (unpaired) electrons. The Kier molecular flexibility index (Phi) is 2.26. The van der Waals surface area contributed by atoms with Crippen molar-refractivity contribution in [1.29, 1.82) is 5.26 Å². The van der Waals surface area contributed by atoms with Crippen molar-refractivity contribution in [2.24, 2.45) is 5.92 Å². The number of anilines is 1. The van der Waals surface area contributed by atoms with Gasteiger partial charge in [0.1, 0.15) is 6.07 Å². The summed E-state index contributed by atoms with van der Waals surface area (Å²) in [5.74, 6) is 0.769. The van der Waals surface area contributed by atoms with E-state index in [0.717, 1.165) is 31.2 Å². The molecule has 2 aliphatic rings. The van der Waals surface area contributed by atoms with Crippen LogP contribution in [0.4, 0.5) is 5.69 Å². The van der Waals surface area contributed by atoms with Crippen LogP contribution in [0.3, 0.4) is 0 Å². The van der Waals surface area contributed by atoms with E-state index in [-0.39, 0.29) is 0 Å². The summed E-state index contributed by atoms with van der Waals surface area (Å²) >= 11 is 0. The maximum Gasteiger partial charge on any atom is 0.101 e. The van der Waals surface area contributed by atoms with Crippen LogP contribution in [0.25, 0.3) is 0 Å². The summed E-state index contributed by atoms with van der Waals surface area (Å²) < 4.78 is 0. The van der Waals surface area contributed by atoms with E-state index in [1.54, 1.807) is 6.20 Å². The summed E-state index contributed by atoms with van der Waals surface area (Å²) in [6.07, 6.45) is 4.72. The van der Waals surface area contributed by atoms with Crippen molar-refractivity contribution >= 4 is 5.69 Å². The van der Waals surface area contributed by atoms with Crippen molar-refractivity contribution in [3.05, 3.63) is 24.0 Å². The van der Waals surface area contributed by atoms with E-state index >= 15 is 0 Å². The van der Waals surface area contributed by atoms with Gasteiger partial charge in [0, 0.05) is 31.9 Å². The molecule has 1 aromatic rings. The van der Waals surface area contributed by atoms with Crippen LogP contribution in [0.1, 0.15) is 12.0 Å². The van der Waals surface area contributed by atoms with Crippen LogP contribution in [0.5, 0.6) is 0 Å². The van der Waals surface area contributed by atoms with Gasteiger partial charge < -0.3 is 10.2 Å². The molecule has 0 bridgehead atoms. The number of nitrogens with one attached hydrogen (secondary N) is 1. The van der Waals surface area contributed by atoms with Gasteiger partial charge in [0.25, 0.3) is 0 Å². The third-order valence-corrected chi connectivity index (χ3v) is 3.63. The molecule has 1 N–H and O–H groups in total. The Morgan fingerprint density at radius 3 is 3.25 bits per heavy atom. The maximum atomic E-state index is 8.87. The number of pyridine rings is 1. The van der Waals surface area contributed by atoms with E-state index in [1.165, 1.54) is 6.42 Å². The Morgan fingerprint density at radius 2 is 2.38 bits per heavy atom. The summed E-state index contributed by atoms with van der Waals surface area (Å²) in [7, 11) is 0. The summed E-state index contributed by atoms with van der Waals surface area (Å²) in [5.41, 5.74) is 1.74. The number of hydrogen-bond acceptors (Lipinski definition) is 4. The van der Waals surface area contributed by atoms with Crippen molar-refractivity contribution in [3.63, 3.8) is 0 Å². The van der Waals surface area contributed by atoms with Crippen molar-refractivity contribution < 1.29 is 0 Å². The van der Waals surface area contributed by atoms with Crippen LogP contribution in [0.2, 0.25) is 0 Å². The Hall–Kier alpha value is -1.60. The molecule has 2 aliphatic heterocycles. The second kappa shape index (κ2) is 3.76. The summed E-state index contributed by atoms with van der Waals surface area (Å²) in [6.45, 7) is 3.28. The van der Waals surface area contributed by atoms with E-state index in [2.05, 4.69) is 21.3 Å². The predicted molar refractivity (Wildman–Crippen MR) is 61.1 cm³/mol. The van der Waals surface area contributed by atoms with E-state index in [0.29, 0.717) is 11.6 Å². The minimum atomic E-state index is 0.593. The smallest absolute Gasteiger partial charge is 0.101 e. The molecule has 2 atom stereocenters. The topological polar surface area (TPSA) is 52.0 Å². The highest BCUT2D eigenvalue weighted by Crippen LogP contribution is 2.31. The van der Waals surface area contributed by atoms with Crippen LogP contribution in [0.15, 0.2) is 18.5 Å². The van der Waals surface area contributed by atoms with Crippen LogP contribution >= 0.6 is 0 Å². The molecular weight excluding hydrogens is 200 g/mol. The Bertz CT molecular complexity index is 437. The van der Waals surface area contributed by atoms with E-state index in [4.69, 9.17) is 5.26 Å². The fourth-order valence-corrected chi connectivity index (χ4v) is 2.82. The largest absolute Gasteiger partial charge is 0.366 e. The summed E-state index contributed by atoms with van der Waals surface area (Å²) in [6, 6.07) is 4.68. The molecule has 2 saturated heterocycles. The van der Waals surface area contributed by atoms with Gasteiger partial charge in [0.2, 0.25) is 0 Å². The Labute approximate surface area is 94.9 Å². The SMILES string of the molecule is N#Cc1cncc(N2CC[C@@H]3CNC[C@@H]32)c1. The monoisotopic (exact) mass is 214 g/mol. The second-order valence-electron chi connectivity index (χ2n) is 4.51. The number of rotatable bonds is 1. The van der Waals surface area contributed by atoms with Crippen LogP contribution < -0.4 is 10.2 Å². The van der Waals surface area contributed by atoms with Crippen LogP contribution in [-0.4, -0.2) is 30.7 Å². The normalized spacial score (nSPS) is 27.8. The fourth-order valence-electron chi connectivity index (χ4n) is 2.82. The molecule has 3 rings (SSSR count). The first-order valence-corrected chi connectivity index (χ1v) is 5.71. The van der Waals surface area contributed by atoms with Gasteiger partial charge in [0.15, 0.2) is 0 Å². The first-order chi connectivity index (χ1) is 7.88. The zero-order valence-electron chi connectivity index (χ0n) is 9.06. The van der Waals surface area contributed by atoms with E-state index < -0.39 is 0 Å². The molecule has 0 saturated carbocycles. The molecule has 3 heterocycles.